The van der Waals surface area contributed by atoms with Crippen molar-refractivity contribution >= 4 is 23.1 Å². The highest BCUT2D eigenvalue weighted by atomic mass is 35.5. The highest BCUT2D eigenvalue weighted by Crippen LogP contribution is 2.25. The molecule has 1 unspecified atom stereocenters. The van der Waals surface area contributed by atoms with Gasteiger partial charge in [-0.05, 0) is 13.0 Å². The van der Waals surface area contributed by atoms with Crippen LogP contribution >= 0.6 is 11.6 Å². The first-order valence-electron chi connectivity index (χ1n) is 4.57. The molecule has 2 N–H and O–H groups in total. The molecule has 0 radical (unpaired) electrons. The second kappa shape index (κ2) is 4.85. The molecule has 0 fully saturated rings. The molecule has 4 nitrogen and oxygen atoms in total. The van der Waals surface area contributed by atoms with Crippen molar-refractivity contribution in [3.8, 4) is 6.07 Å². The Hall–Kier alpha value is -1.47. The van der Waals surface area contributed by atoms with Gasteiger partial charge in [-0.1, -0.05) is 11.6 Å². The lowest BCUT2D eigenvalue weighted by Gasteiger charge is -2.24. The molecule has 5 heteroatoms. The maximum Gasteiger partial charge on any atom is 0.147 e. The summed E-state index contributed by atoms with van der Waals surface area (Å²) in [5.41, 5.74) is 6.08. The van der Waals surface area contributed by atoms with Gasteiger partial charge in [0.1, 0.15) is 5.82 Å². The lowest BCUT2D eigenvalue weighted by molar-refractivity contribution is 0.694. The zero-order valence-electron chi connectivity index (χ0n) is 8.74. The standard InChI is InChI=1S/C10H13ClN4/c1-7(3-4-12)15(2)10-9(11)5-8(13)6-14-10/h5-7H,3,13H2,1-2H3. The van der Waals surface area contributed by atoms with Crippen molar-refractivity contribution in [1.82, 2.24) is 4.98 Å². The molecule has 0 aliphatic heterocycles. The minimum absolute atomic E-state index is 0.0728. The van der Waals surface area contributed by atoms with Crippen LogP contribution in [0.4, 0.5) is 11.5 Å². The first-order chi connectivity index (χ1) is 7.06. The third-order valence-electron chi connectivity index (χ3n) is 2.22. The fourth-order valence-electron chi connectivity index (χ4n) is 1.18. The summed E-state index contributed by atoms with van der Waals surface area (Å²) in [6.07, 6.45) is 1.98. The maximum atomic E-state index is 8.60. The fraction of sp³-hybridized carbons (Fsp3) is 0.400. The molecule has 1 aromatic heterocycles. The number of hydrogen-bond donors (Lipinski definition) is 1. The molecule has 0 saturated carbocycles. The third kappa shape index (κ3) is 2.74. The quantitative estimate of drug-likeness (QED) is 0.854. The minimum atomic E-state index is 0.0728. The summed E-state index contributed by atoms with van der Waals surface area (Å²) in [6, 6.07) is 3.84. The van der Waals surface area contributed by atoms with E-state index < -0.39 is 0 Å². The molecule has 0 amide bonds. The van der Waals surface area contributed by atoms with E-state index in [0.717, 1.165) is 0 Å². The summed E-state index contributed by atoms with van der Waals surface area (Å²) in [6.45, 7) is 1.94. The fourth-order valence-corrected chi connectivity index (χ4v) is 1.49. The van der Waals surface area contributed by atoms with Gasteiger partial charge in [-0.3, -0.25) is 0 Å². The van der Waals surface area contributed by atoms with Crippen LogP contribution in [-0.2, 0) is 0 Å². The van der Waals surface area contributed by atoms with Gasteiger partial charge in [-0.15, -0.1) is 0 Å². The largest absolute Gasteiger partial charge is 0.397 e. The molecule has 0 spiro atoms. The van der Waals surface area contributed by atoms with Crippen molar-refractivity contribution < 1.29 is 0 Å². The van der Waals surface area contributed by atoms with E-state index in [2.05, 4.69) is 11.1 Å². The van der Waals surface area contributed by atoms with E-state index in [4.69, 9.17) is 22.6 Å². The minimum Gasteiger partial charge on any atom is -0.397 e. The van der Waals surface area contributed by atoms with Crippen LogP contribution in [0.25, 0.3) is 0 Å². The smallest absolute Gasteiger partial charge is 0.147 e. The summed E-state index contributed by atoms with van der Waals surface area (Å²) in [7, 11) is 1.85. The molecule has 1 aromatic rings. The Bertz CT molecular complexity index is 385. The van der Waals surface area contributed by atoms with E-state index in [1.54, 1.807) is 12.3 Å². The predicted molar refractivity (Wildman–Crippen MR) is 61.8 cm³/mol. The third-order valence-corrected chi connectivity index (χ3v) is 2.50. The Labute approximate surface area is 94.3 Å². The van der Waals surface area contributed by atoms with Crippen molar-refractivity contribution in [3.05, 3.63) is 17.3 Å². The van der Waals surface area contributed by atoms with Crippen LogP contribution in [0, 0.1) is 11.3 Å². The van der Waals surface area contributed by atoms with Gasteiger partial charge in [0, 0.05) is 13.1 Å². The first kappa shape index (κ1) is 11.6. The average molecular weight is 225 g/mol. The SMILES string of the molecule is CC(CC#N)N(C)c1ncc(N)cc1Cl. The van der Waals surface area contributed by atoms with Crippen molar-refractivity contribution in [2.75, 3.05) is 17.7 Å². The number of nitriles is 1. The zero-order chi connectivity index (χ0) is 11.4. The Kier molecular flexibility index (Phi) is 3.75. The first-order valence-corrected chi connectivity index (χ1v) is 4.95. The normalized spacial score (nSPS) is 11.9. The molecule has 80 valence electrons. The predicted octanol–water partition coefficient (Wildman–Crippen LogP) is 2.06. The molecule has 0 bridgehead atoms. The van der Waals surface area contributed by atoms with Gasteiger partial charge >= 0.3 is 0 Å². The average Bonchev–Trinajstić information content (AvgIpc) is 2.17. The van der Waals surface area contributed by atoms with Gasteiger partial charge < -0.3 is 10.6 Å². The van der Waals surface area contributed by atoms with Crippen LogP contribution < -0.4 is 10.6 Å². The Morgan fingerprint density at radius 2 is 2.40 bits per heavy atom. The van der Waals surface area contributed by atoms with E-state index >= 15 is 0 Å². The number of aromatic nitrogens is 1. The molecule has 15 heavy (non-hydrogen) atoms. The molecule has 1 heterocycles. The van der Waals surface area contributed by atoms with Gasteiger partial charge in [0.05, 0.1) is 29.4 Å². The summed E-state index contributed by atoms with van der Waals surface area (Å²) < 4.78 is 0. The van der Waals surface area contributed by atoms with Crippen LogP contribution in [-0.4, -0.2) is 18.1 Å². The Balaban J connectivity index is 2.91. The van der Waals surface area contributed by atoms with Gasteiger partial charge in [0.15, 0.2) is 0 Å². The van der Waals surface area contributed by atoms with Crippen molar-refractivity contribution in [2.24, 2.45) is 0 Å². The number of rotatable bonds is 3. The summed E-state index contributed by atoms with van der Waals surface area (Å²) >= 11 is 6.00. The zero-order valence-corrected chi connectivity index (χ0v) is 9.49. The highest BCUT2D eigenvalue weighted by Gasteiger charge is 2.13. The molecule has 0 aliphatic carbocycles. The second-order valence-electron chi connectivity index (χ2n) is 3.40. The number of halogens is 1. The molecular formula is C10H13ClN4. The topological polar surface area (TPSA) is 65.9 Å². The monoisotopic (exact) mass is 224 g/mol. The van der Waals surface area contributed by atoms with E-state index in [9.17, 15) is 0 Å². The Morgan fingerprint density at radius 1 is 1.73 bits per heavy atom. The number of nitrogens with two attached hydrogens (primary N) is 1. The number of nitrogens with zero attached hydrogens (tertiary/aromatic N) is 3. The van der Waals surface area contributed by atoms with E-state index in [0.29, 0.717) is 22.9 Å². The molecular weight excluding hydrogens is 212 g/mol. The van der Waals surface area contributed by atoms with E-state index in [1.165, 1.54) is 0 Å². The van der Waals surface area contributed by atoms with Crippen molar-refractivity contribution in [2.45, 2.75) is 19.4 Å². The number of pyridine rings is 1. The van der Waals surface area contributed by atoms with Crippen molar-refractivity contribution in [1.29, 1.82) is 5.26 Å². The van der Waals surface area contributed by atoms with E-state index in [1.807, 2.05) is 18.9 Å². The molecule has 0 saturated heterocycles. The highest BCUT2D eigenvalue weighted by molar-refractivity contribution is 6.33. The van der Waals surface area contributed by atoms with Gasteiger partial charge in [-0.2, -0.15) is 5.26 Å². The van der Waals surface area contributed by atoms with Crippen LogP contribution in [0.5, 0.6) is 0 Å². The lowest BCUT2D eigenvalue weighted by atomic mass is 10.2. The molecule has 0 aliphatic rings. The van der Waals surface area contributed by atoms with Crippen molar-refractivity contribution in [3.63, 3.8) is 0 Å². The van der Waals surface area contributed by atoms with Crippen LogP contribution in [0.15, 0.2) is 12.3 Å². The molecule has 0 aromatic carbocycles. The molecule has 1 rings (SSSR count). The lowest BCUT2D eigenvalue weighted by Crippen LogP contribution is -2.29. The summed E-state index contributed by atoms with van der Waals surface area (Å²) in [5, 5.41) is 9.10. The number of hydrogen-bond acceptors (Lipinski definition) is 4. The Morgan fingerprint density at radius 3 is 2.93 bits per heavy atom. The second-order valence-corrected chi connectivity index (χ2v) is 3.80. The van der Waals surface area contributed by atoms with Gasteiger partial charge in [-0.25, -0.2) is 4.98 Å². The molecule has 1 atom stereocenters. The van der Waals surface area contributed by atoms with E-state index in [-0.39, 0.29) is 6.04 Å². The summed E-state index contributed by atoms with van der Waals surface area (Å²) in [5.74, 6) is 0.647. The van der Waals surface area contributed by atoms with Gasteiger partial charge in [0.2, 0.25) is 0 Å². The van der Waals surface area contributed by atoms with Crippen LogP contribution in [0.1, 0.15) is 13.3 Å². The number of anilines is 2. The summed E-state index contributed by atoms with van der Waals surface area (Å²) in [4.78, 5) is 6.01. The van der Waals surface area contributed by atoms with Gasteiger partial charge in [0.25, 0.3) is 0 Å². The van der Waals surface area contributed by atoms with Crippen LogP contribution in [0.3, 0.4) is 0 Å². The van der Waals surface area contributed by atoms with Crippen LogP contribution in [0.2, 0.25) is 5.02 Å². The maximum absolute atomic E-state index is 8.60. The number of nitrogen functional groups attached to an aromatic ring is 1.